The first-order valence-electron chi connectivity index (χ1n) is 10.5. The van der Waals surface area contributed by atoms with E-state index in [-0.39, 0.29) is 16.7 Å². The maximum atomic E-state index is 13.2. The Hall–Kier alpha value is -2.28. The molecule has 2 unspecified atom stereocenters. The number of para-hydroxylation sites is 1. The summed E-state index contributed by atoms with van der Waals surface area (Å²) in [6.45, 7) is 9.75. The minimum absolute atomic E-state index is 0.0149. The number of benzene rings is 1. The summed E-state index contributed by atoms with van der Waals surface area (Å²) in [4.78, 5) is 24.2. The second kappa shape index (κ2) is 6.87. The van der Waals surface area contributed by atoms with Crippen molar-refractivity contribution in [2.75, 3.05) is 6.54 Å². The number of hydrogen-bond acceptors (Lipinski definition) is 6. The Kier molecular flexibility index (Phi) is 4.51. The monoisotopic (exact) mass is 425 g/mol. The quantitative estimate of drug-likeness (QED) is 0.517. The highest BCUT2D eigenvalue weighted by atomic mass is 32.2. The number of amides is 1. The van der Waals surface area contributed by atoms with Crippen molar-refractivity contribution in [1.82, 2.24) is 14.9 Å². The van der Waals surface area contributed by atoms with Crippen LogP contribution in [0.4, 0.5) is 0 Å². The van der Waals surface area contributed by atoms with Gasteiger partial charge in [-0.1, -0.05) is 44.7 Å². The molecule has 1 saturated carbocycles. The highest BCUT2D eigenvalue weighted by Crippen LogP contribution is 2.52. The fourth-order valence-electron chi connectivity index (χ4n) is 5.57. The van der Waals surface area contributed by atoms with Crippen molar-refractivity contribution in [3.63, 3.8) is 0 Å². The largest absolute Gasteiger partial charge is 0.447 e. The number of likely N-dealkylation sites (tertiary alicyclic amines) is 1. The number of rotatable bonds is 4. The number of nitrogens with zero attached hydrogens (tertiary/aromatic N) is 3. The molecule has 0 spiro atoms. The molecule has 5 rings (SSSR count). The topological polar surface area (TPSA) is 72.4 Å². The number of oxazole rings is 2. The maximum Gasteiger partial charge on any atom is 0.276 e. The molecule has 2 aromatic heterocycles. The molecule has 1 amide bonds. The van der Waals surface area contributed by atoms with Crippen LogP contribution in [-0.4, -0.2) is 33.4 Å². The maximum absolute atomic E-state index is 13.2. The van der Waals surface area contributed by atoms with Crippen LogP contribution in [-0.2, 0) is 5.75 Å². The molecule has 1 aliphatic carbocycles. The van der Waals surface area contributed by atoms with E-state index >= 15 is 0 Å². The minimum Gasteiger partial charge on any atom is -0.447 e. The fraction of sp³-hybridized carbons (Fsp3) is 0.522. The van der Waals surface area contributed by atoms with Crippen LogP contribution in [0.2, 0.25) is 0 Å². The number of aromatic nitrogens is 2. The zero-order valence-electron chi connectivity index (χ0n) is 17.9. The van der Waals surface area contributed by atoms with Crippen molar-refractivity contribution < 1.29 is 13.6 Å². The second-order valence-corrected chi connectivity index (χ2v) is 10.9. The fourth-order valence-corrected chi connectivity index (χ4v) is 6.26. The first-order chi connectivity index (χ1) is 14.2. The van der Waals surface area contributed by atoms with E-state index in [0.29, 0.717) is 28.6 Å². The molecular weight excluding hydrogens is 398 g/mol. The third kappa shape index (κ3) is 3.53. The Morgan fingerprint density at radius 3 is 2.90 bits per heavy atom. The molecule has 158 valence electrons. The summed E-state index contributed by atoms with van der Waals surface area (Å²) >= 11 is 1.42. The van der Waals surface area contributed by atoms with Crippen LogP contribution in [0.5, 0.6) is 0 Å². The molecule has 1 aliphatic heterocycles. The molecule has 2 aliphatic rings. The van der Waals surface area contributed by atoms with Gasteiger partial charge < -0.3 is 13.7 Å². The first-order valence-corrected chi connectivity index (χ1v) is 11.4. The van der Waals surface area contributed by atoms with E-state index in [1.807, 2.05) is 30.0 Å². The molecular formula is C23H27N3O3S. The van der Waals surface area contributed by atoms with Gasteiger partial charge in [-0.05, 0) is 48.6 Å². The van der Waals surface area contributed by atoms with Gasteiger partial charge in [-0.15, -0.1) is 0 Å². The van der Waals surface area contributed by atoms with Gasteiger partial charge in [0, 0.05) is 12.6 Å². The minimum atomic E-state index is -0.0149. The van der Waals surface area contributed by atoms with Gasteiger partial charge in [0.15, 0.2) is 11.3 Å². The predicted octanol–water partition coefficient (Wildman–Crippen LogP) is 5.46. The number of fused-ring (bicyclic) bond motifs is 3. The lowest BCUT2D eigenvalue weighted by Crippen LogP contribution is -2.37. The smallest absolute Gasteiger partial charge is 0.276 e. The zero-order chi connectivity index (χ0) is 21.1. The average molecular weight is 426 g/mol. The van der Waals surface area contributed by atoms with Crippen molar-refractivity contribution in [1.29, 1.82) is 0 Å². The molecule has 2 bridgehead atoms. The SMILES string of the molecule is Cc1cccc2oc(SCc3nc(C(=O)N4CC5(C)CC4CC(C)(C)C5)co3)nc12. The third-order valence-corrected chi connectivity index (χ3v) is 7.18. The second-order valence-electron chi connectivity index (χ2n) is 9.96. The van der Waals surface area contributed by atoms with Crippen LogP contribution >= 0.6 is 11.8 Å². The van der Waals surface area contributed by atoms with Crippen LogP contribution in [0.25, 0.3) is 11.1 Å². The average Bonchev–Trinajstić information content (AvgIpc) is 3.35. The Balaban J connectivity index is 1.27. The van der Waals surface area contributed by atoms with Crippen molar-refractivity contribution in [2.45, 2.75) is 64.0 Å². The number of carbonyl (C=O) groups excluding carboxylic acids is 1. The van der Waals surface area contributed by atoms with Gasteiger partial charge in [-0.25, -0.2) is 9.97 Å². The number of hydrogen-bond donors (Lipinski definition) is 0. The van der Waals surface area contributed by atoms with Gasteiger partial charge in [0.05, 0.1) is 5.75 Å². The highest BCUT2D eigenvalue weighted by molar-refractivity contribution is 7.98. The van der Waals surface area contributed by atoms with E-state index in [2.05, 4.69) is 30.7 Å². The van der Waals surface area contributed by atoms with E-state index in [4.69, 9.17) is 8.83 Å². The summed E-state index contributed by atoms with van der Waals surface area (Å²) in [5.74, 6) is 0.961. The molecule has 0 N–H and O–H groups in total. The molecule has 1 saturated heterocycles. The summed E-state index contributed by atoms with van der Waals surface area (Å²) in [7, 11) is 0. The van der Waals surface area contributed by atoms with E-state index in [1.165, 1.54) is 18.0 Å². The molecule has 3 heterocycles. The molecule has 7 heteroatoms. The summed E-state index contributed by atoms with van der Waals surface area (Å²) in [6, 6.07) is 6.18. The van der Waals surface area contributed by atoms with Gasteiger partial charge in [-0.2, -0.15) is 0 Å². The van der Waals surface area contributed by atoms with Crippen molar-refractivity contribution >= 4 is 28.8 Å². The van der Waals surface area contributed by atoms with Gasteiger partial charge in [0.1, 0.15) is 11.8 Å². The van der Waals surface area contributed by atoms with E-state index in [0.717, 1.165) is 42.5 Å². The standard InChI is InChI=1S/C23H27N3O3S/c1-14-6-5-7-17-19(14)25-21(29-17)30-11-18-24-16(10-28-18)20(27)26-13-23(4)9-15(26)8-22(2,3)12-23/h5-7,10,15H,8-9,11-13H2,1-4H3. The number of aryl methyl sites for hydroxylation is 1. The van der Waals surface area contributed by atoms with Gasteiger partial charge in [0.2, 0.25) is 5.89 Å². The van der Waals surface area contributed by atoms with E-state index < -0.39 is 0 Å². The molecule has 30 heavy (non-hydrogen) atoms. The number of carbonyl (C=O) groups is 1. The predicted molar refractivity (Wildman–Crippen MR) is 115 cm³/mol. The molecule has 2 atom stereocenters. The lowest BCUT2D eigenvalue weighted by molar-refractivity contribution is 0.0702. The van der Waals surface area contributed by atoms with E-state index in [1.54, 1.807) is 0 Å². The Labute approximate surface area is 180 Å². The lowest BCUT2D eigenvalue weighted by atomic mass is 9.65. The van der Waals surface area contributed by atoms with Crippen molar-refractivity contribution in [3.8, 4) is 0 Å². The van der Waals surface area contributed by atoms with Gasteiger partial charge in [-0.3, -0.25) is 4.79 Å². The number of thioether (sulfide) groups is 1. The Bertz CT molecular complexity index is 1120. The normalized spacial score (nSPS) is 25.2. The first kappa shape index (κ1) is 19.7. The lowest BCUT2D eigenvalue weighted by Gasteiger charge is -2.39. The summed E-state index contributed by atoms with van der Waals surface area (Å²) in [5.41, 5.74) is 3.61. The zero-order valence-corrected chi connectivity index (χ0v) is 18.7. The van der Waals surface area contributed by atoms with Crippen LogP contribution in [0.15, 0.2) is 38.5 Å². The van der Waals surface area contributed by atoms with Crippen molar-refractivity contribution in [2.24, 2.45) is 10.8 Å². The van der Waals surface area contributed by atoms with Crippen LogP contribution < -0.4 is 0 Å². The molecule has 6 nitrogen and oxygen atoms in total. The Morgan fingerprint density at radius 2 is 2.10 bits per heavy atom. The highest BCUT2D eigenvalue weighted by Gasteiger charge is 2.51. The Morgan fingerprint density at radius 1 is 1.27 bits per heavy atom. The summed E-state index contributed by atoms with van der Waals surface area (Å²) in [5, 5.41) is 0.578. The molecule has 1 aromatic carbocycles. The van der Waals surface area contributed by atoms with Crippen LogP contribution in [0.3, 0.4) is 0 Å². The summed E-state index contributed by atoms with van der Waals surface area (Å²) < 4.78 is 11.4. The van der Waals surface area contributed by atoms with Crippen LogP contribution in [0, 0.1) is 17.8 Å². The van der Waals surface area contributed by atoms with Gasteiger partial charge in [0.25, 0.3) is 11.1 Å². The van der Waals surface area contributed by atoms with Gasteiger partial charge >= 0.3 is 0 Å². The van der Waals surface area contributed by atoms with Crippen molar-refractivity contribution in [3.05, 3.63) is 41.6 Å². The molecule has 3 aromatic rings. The third-order valence-electron chi connectivity index (χ3n) is 6.37. The van der Waals surface area contributed by atoms with Crippen LogP contribution in [0.1, 0.15) is 62.0 Å². The molecule has 2 fully saturated rings. The summed E-state index contributed by atoms with van der Waals surface area (Å²) in [6.07, 6.45) is 4.78. The molecule has 0 radical (unpaired) electrons. The van der Waals surface area contributed by atoms with E-state index in [9.17, 15) is 4.79 Å².